The molecule has 0 aromatic rings. The van der Waals surface area contributed by atoms with Crippen LogP contribution in [0.4, 0.5) is 0 Å². The molecule has 38 heavy (non-hydrogen) atoms. The quantitative estimate of drug-likeness (QED) is 0.0448. The Hall–Kier alpha value is -0.500. The Morgan fingerprint density at radius 3 is 1.55 bits per heavy atom. The SMILES string of the molecule is CCCCCCCCCCCCCCCCCCCCC(=O)O[C@@H](CO)COP(=O)(O)OCC[N+](C)(C)C. The molecule has 8 nitrogen and oxygen atoms in total. The maximum Gasteiger partial charge on any atom is 0.472 e. The van der Waals surface area contributed by atoms with Crippen LogP contribution in [-0.2, 0) is 23.1 Å². The number of aliphatic hydroxyl groups excluding tert-OH is 1. The van der Waals surface area contributed by atoms with Crippen molar-refractivity contribution in [2.45, 2.75) is 135 Å². The van der Waals surface area contributed by atoms with Crippen molar-refractivity contribution >= 4 is 13.8 Å². The second-order valence-electron chi connectivity index (χ2n) is 11.7. The van der Waals surface area contributed by atoms with Gasteiger partial charge in [-0.25, -0.2) is 4.57 Å². The topological polar surface area (TPSA) is 102 Å². The second kappa shape index (κ2) is 24.3. The Kier molecular flexibility index (Phi) is 24.0. The van der Waals surface area contributed by atoms with Gasteiger partial charge in [0.05, 0.1) is 34.4 Å². The van der Waals surface area contributed by atoms with Crippen molar-refractivity contribution < 1.29 is 37.6 Å². The van der Waals surface area contributed by atoms with Crippen LogP contribution in [0.25, 0.3) is 0 Å². The molecule has 0 aromatic carbocycles. The molecule has 228 valence electrons. The van der Waals surface area contributed by atoms with Gasteiger partial charge >= 0.3 is 13.8 Å². The van der Waals surface area contributed by atoms with Gasteiger partial charge in [0.15, 0.2) is 0 Å². The predicted molar refractivity (Wildman–Crippen MR) is 155 cm³/mol. The van der Waals surface area contributed by atoms with E-state index in [2.05, 4.69) is 6.92 Å². The minimum absolute atomic E-state index is 0.0558. The zero-order valence-corrected chi connectivity index (χ0v) is 26.1. The molecule has 0 saturated heterocycles. The summed E-state index contributed by atoms with van der Waals surface area (Å²) >= 11 is 0. The number of ether oxygens (including phenoxy) is 1. The first kappa shape index (κ1) is 37.5. The van der Waals surface area contributed by atoms with E-state index >= 15 is 0 Å². The molecular weight excluding hydrogens is 505 g/mol. The summed E-state index contributed by atoms with van der Waals surface area (Å²) in [5, 5.41) is 9.41. The highest BCUT2D eigenvalue weighted by atomic mass is 31.2. The Balaban J connectivity index is 3.59. The lowest BCUT2D eigenvalue weighted by Crippen LogP contribution is -2.37. The van der Waals surface area contributed by atoms with E-state index in [-0.39, 0.29) is 19.6 Å². The lowest BCUT2D eigenvalue weighted by Gasteiger charge is -2.24. The molecule has 0 fully saturated rings. The fourth-order valence-electron chi connectivity index (χ4n) is 4.18. The molecule has 9 heteroatoms. The highest BCUT2D eigenvalue weighted by molar-refractivity contribution is 7.47. The van der Waals surface area contributed by atoms with Crippen LogP contribution in [0.3, 0.4) is 0 Å². The molecular formula is C29H61NO7P+. The van der Waals surface area contributed by atoms with Crippen LogP contribution in [0.2, 0.25) is 0 Å². The van der Waals surface area contributed by atoms with Gasteiger partial charge in [-0.2, -0.15) is 0 Å². The molecule has 0 bridgehead atoms. The molecule has 0 rings (SSSR count). The summed E-state index contributed by atoms with van der Waals surface area (Å²) in [6.07, 6.45) is 22.5. The van der Waals surface area contributed by atoms with E-state index in [1.807, 2.05) is 21.1 Å². The van der Waals surface area contributed by atoms with E-state index in [1.54, 1.807) is 0 Å². The number of phosphoric acid groups is 1. The van der Waals surface area contributed by atoms with Gasteiger partial charge in [0, 0.05) is 6.42 Å². The predicted octanol–water partition coefficient (Wildman–Crippen LogP) is 7.16. The van der Waals surface area contributed by atoms with Gasteiger partial charge < -0.3 is 19.2 Å². The molecule has 0 aliphatic heterocycles. The van der Waals surface area contributed by atoms with Crippen molar-refractivity contribution in [1.29, 1.82) is 0 Å². The standard InChI is InChI=1S/C29H60NO7P/c1-5-6-7-8-9-10-11-12-13-14-15-16-17-18-19-20-21-22-23-29(32)37-28(26-31)27-36-38(33,34)35-25-24-30(2,3)4/h28,31H,5-27H2,1-4H3/p+1/t28-/m0/s1. The van der Waals surface area contributed by atoms with E-state index in [1.165, 1.54) is 96.3 Å². The average Bonchev–Trinajstić information content (AvgIpc) is 2.84. The number of nitrogens with zero attached hydrogens (tertiary/aromatic N) is 1. The third kappa shape index (κ3) is 27.1. The van der Waals surface area contributed by atoms with Gasteiger partial charge in [0.1, 0.15) is 19.3 Å². The van der Waals surface area contributed by atoms with E-state index < -0.39 is 26.5 Å². The minimum atomic E-state index is -4.26. The Bertz CT molecular complexity index is 598. The van der Waals surface area contributed by atoms with Crippen LogP contribution in [0.1, 0.15) is 129 Å². The van der Waals surface area contributed by atoms with Crippen LogP contribution in [0.15, 0.2) is 0 Å². The average molecular weight is 567 g/mol. The molecule has 0 amide bonds. The van der Waals surface area contributed by atoms with Gasteiger partial charge in [0.2, 0.25) is 0 Å². The number of esters is 1. The first-order valence-corrected chi connectivity index (χ1v) is 16.8. The first-order valence-electron chi connectivity index (χ1n) is 15.3. The number of aliphatic hydroxyl groups is 1. The Morgan fingerprint density at radius 1 is 0.737 bits per heavy atom. The lowest BCUT2D eigenvalue weighted by molar-refractivity contribution is -0.870. The molecule has 0 heterocycles. The van der Waals surface area contributed by atoms with E-state index in [0.29, 0.717) is 11.0 Å². The van der Waals surface area contributed by atoms with Gasteiger partial charge in [0.25, 0.3) is 0 Å². The number of likely N-dealkylation sites (N-methyl/N-ethyl adjacent to an activating group) is 1. The zero-order valence-electron chi connectivity index (χ0n) is 25.2. The van der Waals surface area contributed by atoms with Crippen molar-refractivity contribution in [2.75, 3.05) is 47.5 Å². The van der Waals surface area contributed by atoms with Gasteiger partial charge in [-0.15, -0.1) is 0 Å². The fourth-order valence-corrected chi connectivity index (χ4v) is 4.93. The highest BCUT2D eigenvalue weighted by Crippen LogP contribution is 2.43. The van der Waals surface area contributed by atoms with Crippen LogP contribution < -0.4 is 0 Å². The summed E-state index contributed by atoms with van der Waals surface area (Å²) in [7, 11) is 1.56. The summed E-state index contributed by atoms with van der Waals surface area (Å²) in [5.74, 6) is -0.428. The Labute approximate surface area is 234 Å². The summed E-state index contributed by atoms with van der Waals surface area (Å²) < 4.78 is 27.5. The molecule has 0 aliphatic carbocycles. The summed E-state index contributed by atoms with van der Waals surface area (Å²) in [4.78, 5) is 21.8. The first-order chi connectivity index (χ1) is 18.1. The van der Waals surface area contributed by atoms with Gasteiger partial charge in [-0.3, -0.25) is 13.8 Å². The highest BCUT2D eigenvalue weighted by Gasteiger charge is 2.25. The van der Waals surface area contributed by atoms with E-state index in [0.717, 1.165) is 19.3 Å². The van der Waals surface area contributed by atoms with Crippen molar-refractivity contribution in [3.8, 4) is 0 Å². The molecule has 0 aromatic heterocycles. The second-order valence-corrected chi connectivity index (χ2v) is 13.1. The van der Waals surface area contributed by atoms with E-state index in [4.69, 9.17) is 13.8 Å². The van der Waals surface area contributed by atoms with Crippen LogP contribution in [-0.4, -0.2) is 74.1 Å². The smallest absolute Gasteiger partial charge is 0.457 e. The molecule has 2 atom stereocenters. The molecule has 0 saturated carbocycles. The maximum atomic E-state index is 12.0. The Morgan fingerprint density at radius 2 is 1.16 bits per heavy atom. The van der Waals surface area contributed by atoms with Crippen molar-refractivity contribution in [2.24, 2.45) is 0 Å². The van der Waals surface area contributed by atoms with Gasteiger partial charge in [-0.1, -0.05) is 116 Å². The molecule has 0 radical (unpaired) electrons. The fraction of sp³-hybridized carbons (Fsp3) is 0.966. The summed E-state index contributed by atoms with van der Waals surface area (Å²) in [6.45, 7) is 1.99. The zero-order chi connectivity index (χ0) is 28.5. The minimum Gasteiger partial charge on any atom is -0.457 e. The maximum absolute atomic E-state index is 12.0. The third-order valence-electron chi connectivity index (χ3n) is 6.68. The van der Waals surface area contributed by atoms with Crippen LogP contribution >= 0.6 is 7.82 Å². The van der Waals surface area contributed by atoms with Crippen molar-refractivity contribution in [1.82, 2.24) is 0 Å². The van der Waals surface area contributed by atoms with E-state index in [9.17, 15) is 19.4 Å². The van der Waals surface area contributed by atoms with Crippen molar-refractivity contribution in [3.63, 3.8) is 0 Å². The summed E-state index contributed by atoms with van der Waals surface area (Å²) in [5.41, 5.74) is 0. The molecule has 0 aliphatic rings. The number of hydrogen-bond acceptors (Lipinski definition) is 6. The number of phosphoric ester groups is 1. The lowest BCUT2D eigenvalue weighted by atomic mass is 10.0. The largest absolute Gasteiger partial charge is 0.472 e. The number of hydrogen-bond donors (Lipinski definition) is 2. The number of quaternary nitrogens is 1. The number of unbranched alkanes of at least 4 members (excludes halogenated alkanes) is 17. The van der Waals surface area contributed by atoms with Crippen LogP contribution in [0.5, 0.6) is 0 Å². The number of rotatable bonds is 28. The molecule has 1 unspecified atom stereocenters. The normalized spacial score (nSPS) is 14.4. The number of carbonyl (C=O) groups excluding carboxylic acids is 1. The van der Waals surface area contributed by atoms with Crippen LogP contribution in [0, 0.1) is 0 Å². The third-order valence-corrected chi connectivity index (χ3v) is 7.66. The monoisotopic (exact) mass is 566 g/mol. The molecule has 2 N–H and O–H groups in total. The molecule has 0 spiro atoms. The summed E-state index contributed by atoms with van der Waals surface area (Å²) in [6, 6.07) is 0. The van der Waals surface area contributed by atoms with Gasteiger partial charge in [-0.05, 0) is 6.42 Å². The number of carbonyl (C=O) groups is 1. The van der Waals surface area contributed by atoms with Crippen molar-refractivity contribution in [3.05, 3.63) is 0 Å².